The van der Waals surface area contributed by atoms with E-state index in [-0.39, 0.29) is 12.8 Å². The number of carbonyl (C=O) groups is 1. The average Bonchev–Trinajstić information content (AvgIpc) is 2.47. The van der Waals surface area contributed by atoms with Gasteiger partial charge in [0.2, 0.25) is 0 Å². The molecular formula is C16H24N2O2. The second-order valence-corrected chi connectivity index (χ2v) is 5.47. The van der Waals surface area contributed by atoms with Crippen LogP contribution in [0.1, 0.15) is 36.0 Å². The van der Waals surface area contributed by atoms with Gasteiger partial charge in [-0.25, -0.2) is 4.79 Å². The Hall–Kier alpha value is -1.71. The fraction of sp³-hybridized carbons (Fsp3) is 0.562. The van der Waals surface area contributed by atoms with Gasteiger partial charge in [0, 0.05) is 13.1 Å². The van der Waals surface area contributed by atoms with Crippen molar-refractivity contribution in [3.63, 3.8) is 0 Å². The number of rotatable bonds is 3. The number of hydrogen-bond donors (Lipinski definition) is 1. The van der Waals surface area contributed by atoms with E-state index in [2.05, 4.69) is 18.3 Å². The van der Waals surface area contributed by atoms with E-state index >= 15 is 0 Å². The van der Waals surface area contributed by atoms with Crippen LogP contribution in [0.3, 0.4) is 0 Å². The van der Waals surface area contributed by atoms with Gasteiger partial charge < -0.3 is 15.0 Å². The van der Waals surface area contributed by atoms with E-state index in [0.717, 1.165) is 42.8 Å². The second kappa shape index (κ2) is 6.64. The number of amides is 2. The Kier molecular flexibility index (Phi) is 4.88. The third-order valence-corrected chi connectivity index (χ3v) is 3.96. The molecule has 2 amide bonds. The van der Waals surface area contributed by atoms with Gasteiger partial charge in [-0.15, -0.1) is 0 Å². The summed E-state index contributed by atoms with van der Waals surface area (Å²) in [7, 11) is 0. The molecule has 4 heteroatoms. The minimum Gasteiger partial charge on any atom is -0.473 e. The molecule has 1 saturated heterocycles. The molecule has 4 nitrogen and oxygen atoms in total. The van der Waals surface area contributed by atoms with Gasteiger partial charge >= 0.3 is 6.03 Å². The van der Waals surface area contributed by atoms with Crippen LogP contribution in [0, 0.1) is 20.8 Å². The van der Waals surface area contributed by atoms with Crippen LogP contribution in [0.2, 0.25) is 0 Å². The summed E-state index contributed by atoms with van der Waals surface area (Å²) in [5.74, 6) is 0.879. The summed E-state index contributed by atoms with van der Waals surface area (Å²) in [6, 6.07) is 4.11. The molecule has 1 fully saturated rings. The zero-order valence-electron chi connectivity index (χ0n) is 12.7. The molecule has 110 valence electrons. The number of nitrogens with one attached hydrogen (secondary N) is 1. The number of benzene rings is 1. The largest absolute Gasteiger partial charge is 0.473 e. The monoisotopic (exact) mass is 276 g/mol. The molecule has 0 bridgehead atoms. The van der Waals surface area contributed by atoms with E-state index in [1.165, 1.54) is 12.0 Å². The first kappa shape index (κ1) is 14.7. The molecular weight excluding hydrogens is 252 g/mol. The van der Waals surface area contributed by atoms with Gasteiger partial charge in [0.05, 0.1) is 0 Å². The lowest BCUT2D eigenvalue weighted by Gasteiger charge is -2.27. The fourth-order valence-electron chi connectivity index (χ4n) is 2.53. The lowest BCUT2D eigenvalue weighted by molar-refractivity contribution is 0.174. The Morgan fingerprint density at radius 3 is 2.50 bits per heavy atom. The minimum atomic E-state index is -0.0207. The van der Waals surface area contributed by atoms with Gasteiger partial charge in [0.1, 0.15) is 5.75 Å². The van der Waals surface area contributed by atoms with Crippen molar-refractivity contribution in [2.45, 2.75) is 40.0 Å². The van der Waals surface area contributed by atoms with Crippen molar-refractivity contribution in [2.75, 3.05) is 19.8 Å². The van der Waals surface area contributed by atoms with Gasteiger partial charge in [0.15, 0.2) is 6.73 Å². The molecule has 1 aromatic rings. The number of urea groups is 1. The highest BCUT2D eigenvalue weighted by atomic mass is 16.5. The first-order valence-corrected chi connectivity index (χ1v) is 7.32. The van der Waals surface area contributed by atoms with Crippen LogP contribution in [-0.2, 0) is 0 Å². The predicted octanol–water partition coefficient (Wildman–Crippen LogP) is 3.14. The number of nitrogens with zero attached hydrogens (tertiary/aromatic N) is 1. The molecule has 1 aromatic carbocycles. The minimum absolute atomic E-state index is 0.0207. The maximum absolute atomic E-state index is 12.0. The average molecular weight is 276 g/mol. The maximum atomic E-state index is 12.0. The fourth-order valence-corrected chi connectivity index (χ4v) is 2.53. The van der Waals surface area contributed by atoms with Crippen LogP contribution >= 0.6 is 0 Å². The highest BCUT2D eigenvalue weighted by Crippen LogP contribution is 2.25. The predicted molar refractivity (Wildman–Crippen MR) is 80.1 cm³/mol. The number of piperidine rings is 1. The number of ether oxygens (including phenoxy) is 1. The molecule has 0 spiro atoms. The number of carbonyl (C=O) groups excluding carboxylic acids is 1. The highest BCUT2D eigenvalue weighted by Gasteiger charge is 2.16. The van der Waals surface area contributed by atoms with E-state index in [9.17, 15) is 4.79 Å². The lowest BCUT2D eigenvalue weighted by atomic mass is 10.1. The topological polar surface area (TPSA) is 41.6 Å². The summed E-state index contributed by atoms with van der Waals surface area (Å²) in [4.78, 5) is 13.8. The zero-order valence-corrected chi connectivity index (χ0v) is 12.7. The molecule has 1 N–H and O–H groups in total. The maximum Gasteiger partial charge on any atom is 0.320 e. The van der Waals surface area contributed by atoms with Crippen molar-refractivity contribution in [1.29, 1.82) is 0 Å². The molecule has 0 aliphatic carbocycles. The number of hydrogen-bond acceptors (Lipinski definition) is 2. The van der Waals surface area contributed by atoms with E-state index in [1.54, 1.807) is 0 Å². The van der Waals surface area contributed by atoms with Crippen LogP contribution in [0.25, 0.3) is 0 Å². The Balaban J connectivity index is 1.86. The summed E-state index contributed by atoms with van der Waals surface area (Å²) in [6.07, 6.45) is 3.43. The molecule has 0 radical (unpaired) electrons. The van der Waals surface area contributed by atoms with Crippen molar-refractivity contribution in [2.24, 2.45) is 0 Å². The molecule has 0 aromatic heterocycles. The van der Waals surface area contributed by atoms with Crippen molar-refractivity contribution in [3.05, 3.63) is 28.8 Å². The Bertz CT molecular complexity index is 480. The van der Waals surface area contributed by atoms with Crippen LogP contribution in [-0.4, -0.2) is 30.8 Å². The Morgan fingerprint density at radius 1 is 1.15 bits per heavy atom. The standard InChI is InChI=1S/C16H24N2O2/c1-12-7-8-13(2)15(14(12)3)20-11-17-16(19)18-9-5-4-6-10-18/h7-8H,4-6,9-11H2,1-3H3,(H,17,19). The van der Waals surface area contributed by atoms with Crippen molar-refractivity contribution >= 4 is 6.03 Å². The van der Waals surface area contributed by atoms with E-state index in [4.69, 9.17) is 4.74 Å². The van der Waals surface area contributed by atoms with Crippen LogP contribution in [0.4, 0.5) is 4.79 Å². The number of aryl methyl sites for hydroxylation is 2. The van der Waals surface area contributed by atoms with Crippen LogP contribution in [0.15, 0.2) is 12.1 Å². The van der Waals surface area contributed by atoms with Gasteiger partial charge in [-0.2, -0.15) is 0 Å². The molecule has 0 saturated carbocycles. The van der Waals surface area contributed by atoms with Crippen molar-refractivity contribution < 1.29 is 9.53 Å². The van der Waals surface area contributed by atoms with Gasteiger partial charge in [-0.1, -0.05) is 12.1 Å². The van der Waals surface area contributed by atoms with Gasteiger partial charge in [-0.05, 0) is 56.7 Å². The van der Waals surface area contributed by atoms with Gasteiger partial charge in [-0.3, -0.25) is 0 Å². The van der Waals surface area contributed by atoms with Crippen LogP contribution in [0.5, 0.6) is 5.75 Å². The summed E-state index contributed by atoms with van der Waals surface area (Å²) < 4.78 is 5.75. The summed E-state index contributed by atoms with van der Waals surface area (Å²) in [6.45, 7) is 8.06. The normalized spacial score (nSPS) is 15.1. The third kappa shape index (κ3) is 3.44. The smallest absolute Gasteiger partial charge is 0.320 e. The molecule has 0 atom stereocenters. The van der Waals surface area contributed by atoms with Gasteiger partial charge in [0.25, 0.3) is 0 Å². The number of likely N-dealkylation sites (tertiary alicyclic amines) is 1. The van der Waals surface area contributed by atoms with E-state index < -0.39 is 0 Å². The zero-order chi connectivity index (χ0) is 14.5. The van der Waals surface area contributed by atoms with Crippen LogP contribution < -0.4 is 10.1 Å². The highest BCUT2D eigenvalue weighted by molar-refractivity contribution is 5.74. The van der Waals surface area contributed by atoms with Crippen molar-refractivity contribution in [1.82, 2.24) is 10.2 Å². The first-order chi connectivity index (χ1) is 9.59. The van der Waals surface area contributed by atoms with Crippen molar-refractivity contribution in [3.8, 4) is 5.75 Å². The molecule has 1 heterocycles. The molecule has 0 unspecified atom stereocenters. The van der Waals surface area contributed by atoms with E-state index in [1.807, 2.05) is 24.8 Å². The molecule has 2 rings (SSSR count). The second-order valence-electron chi connectivity index (χ2n) is 5.47. The summed E-state index contributed by atoms with van der Waals surface area (Å²) in [5.41, 5.74) is 3.44. The van der Waals surface area contributed by atoms with E-state index in [0.29, 0.717) is 0 Å². The molecule has 1 aliphatic heterocycles. The quantitative estimate of drug-likeness (QED) is 0.862. The summed E-state index contributed by atoms with van der Waals surface area (Å²) in [5, 5.41) is 2.84. The first-order valence-electron chi connectivity index (χ1n) is 7.32. The Labute approximate surface area is 121 Å². The molecule has 20 heavy (non-hydrogen) atoms. The lowest BCUT2D eigenvalue weighted by Crippen LogP contribution is -2.44. The Morgan fingerprint density at radius 2 is 1.80 bits per heavy atom. The third-order valence-electron chi connectivity index (χ3n) is 3.96. The SMILES string of the molecule is Cc1ccc(C)c(OCNC(=O)N2CCCCC2)c1C. The summed E-state index contributed by atoms with van der Waals surface area (Å²) >= 11 is 0. The molecule has 1 aliphatic rings.